The van der Waals surface area contributed by atoms with E-state index in [4.69, 9.17) is 9.47 Å². The van der Waals surface area contributed by atoms with Crippen molar-refractivity contribution < 1.29 is 32.9 Å². The maximum Gasteiger partial charge on any atom is 0.512 e. The standard InChI is InChI=1S/C19H33FNO6P/c1-12(2)17(22)26-18(13(3)4)27-19(23)21-11-10-15(20)16(28(24)25)14-8-6-5-7-9-14/h12-16,18H,5-11H2,1-4H3,(H-,21,23,24,25)/p+1/t15-,16-,18+/m0/s1. The van der Waals surface area contributed by atoms with Crippen LogP contribution in [0.25, 0.3) is 0 Å². The van der Waals surface area contributed by atoms with Crippen LogP contribution in [0.3, 0.4) is 0 Å². The van der Waals surface area contributed by atoms with Gasteiger partial charge in [0, 0.05) is 24.8 Å². The Labute approximate surface area is 167 Å². The molecule has 1 amide bonds. The van der Waals surface area contributed by atoms with E-state index in [9.17, 15) is 23.4 Å². The number of halogens is 1. The summed E-state index contributed by atoms with van der Waals surface area (Å²) in [5, 5.41) is 2.43. The fourth-order valence-corrected chi connectivity index (χ4v) is 4.35. The zero-order valence-corrected chi connectivity index (χ0v) is 18.1. The fraction of sp³-hybridized carbons (Fsp3) is 0.895. The molecule has 1 rings (SSSR count). The third-order valence-corrected chi connectivity index (χ3v) is 6.17. The molecule has 0 bridgehead atoms. The molecule has 2 N–H and O–H groups in total. The van der Waals surface area contributed by atoms with Crippen molar-refractivity contribution >= 4 is 20.1 Å². The summed E-state index contributed by atoms with van der Waals surface area (Å²) in [6.45, 7) is 6.81. The Morgan fingerprint density at radius 1 is 1.14 bits per heavy atom. The van der Waals surface area contributed by atoms with Gasteiger partial charge in [0.15, 0.2) is 6.17 Å². The van der Waals surface area contributed by atoms with Gasteiger partial charge < -0.3 is 14.8 Å². The van der Waals surface area contributed by atoms with Gasteiger partial charge in [-0.25, -0.2) is 9.18 Å². The van der Waals surface area contributed by atoms with Gasteiger partial charge >= 0.3 is 20.1 Å². The zero-order valence-electron chi connectivity index (χ0n) is 17.2. The number of alkyl carbamates (subject to hydrolysis) is 1. The van der Waals surface area contributed by atoms with E-state index in [1.54, 1.807) is 27.7 Å². The molecule has 1 aliphatic carbocycles. The van der Waals surface area contributed by atoms with Crippen LogP contribution in [0.2, 0.25) is 0 Å². The predicted octanol–water partition coefficient (Wildman–Crippen LogP) is 4.31. The number of alkyl halides is 1. The Morgan fingerprint density at radius 3 is 2.25 bits per heavy atom. The third kappa shape index (κ3) is 8.39. The number of carbonyl (C=O) groups excluding carboxylic acids is 2. The fourth-order valence-electron chi connectivity index (χ4n) is 3.27. The molecule has 1 unspecified atom stereocenters. The van der Waals surface area contributed by atoms with E-state index < -0.39 is 38.2 Å². The van der Waals surface area contributed by atoms with Crippen LogP contribution >= 0.6 is 8.03 Å². The molecule has 0 aromatic rings. The van der Waals surface area contributed by atoms with Crippen LogP contribution in [0.4, 0.5) is 9.18 Å². The zero-order chi connectivity index (χ0) is 21.3. The lowest BCUT2D eigenvalue weighted by molar-refractivity contribution is -0.178. The van der Waals surface area contributed by atoms with Crippen molar-refractivity contribution in [3.05, 3.63) is 0 Å². The molecule has 7 nitrogen and oxygen atoms in total. The first-order valence-corrected chi connectivity index (χ1v) is 11.4. The van der Waals surface area contributed by atoms with Gasteiger partial charge in [-0.05, 0) is 17.4 Å². The molecule has 0 aliphatic heterocycles. The highest BCUT2D eigenvalue weighted by molar-refractivity contribution is 7.39. The van der Waals surface area contributed by atoms with Gasteiger partial charge in [-0.3, -0.25) is 4.79 Å². The van der Waals surface area contributed by atoms with Crippen LogP contribution in [0.5, 0.6) is 0 Å². The number of amides is 1. The molecular weight excluding hydrogens is 388 g/mol. The lowest BCUT2D eigenvalue weighted by Gasteiger charge is -2.25. The average Bonchev–Trinajstić information content (AvgIpc) is 2.61. The van der Waals surface area contributed by atoms with E-state index in [1.165, 1.54) is 0 Å². The minimum absolute atomic E-state index is 0.0324. The molecule has 1 aliphatic rings. The third-order valence-electron chi connectivity index (χ3n) is 4.92. The van der Waals surface area contributed by atoms with Crippen molar-refractivity contribution in [1.29, 1.82) is 0 Å². The molecule has 162 valence electrons. The predicted molar refractivity (Wildman–Crippen MR) is 104 cm³/mol. The Kier molecular flexibility index (Phi) is 10.9. The molecule has 0 aromatic heterocycles. The summed E-state index contributed by atoms with van der Waals surface area (Å²) >= 11 is 0. The second-order valence-electron chi connectivity index (χ2n) is 8.03. The minimum atomic E-state index is -2.62. The molecule has 0 radical (unpaired) electrons. The van der Waals surface area contributed by atoms with Gasteiger partial charge in [-0.1, -0.05) is 47.0 Å². The van der Waals surface area contributed by atoms with Crippen molar-refractivity contribution in [2.24, 2.45) is 17.8 Å². The van der Waals surface area contributed by atoms with Crippen molar-refractivity contribution in [2.75, 3.05) is 6.54 Å². The highest BCUT2D eigenvalue weighted by Crippen LogP contribution is 2.41. The molecule has 1 fully saturated rings. The van der Waals surface area contributed by atoms with Gasteiger partial charge in [0.05, 0.1) is 5.92 Å². The van der Waals surface area contributed by atoms with Crippen molar-refractivity contribution in [2.45, 2.75) is 84.3 Å². The van der Waals surface area contributed by atoms with E-state index >= 15 is 0 Å². The van der Waals surface area contributed by atoms with Crippen molar-refractivity contribution in [1.82, 2.24) is 5.32 Å². The quantitative estimate of drug-likeness (QED) is 0.309. The van der Waals surface area contributed by atoms with E-state index in [1.807, 2.05) is 0 Å². The summed E-state index contributed by atoms with van der Waals surface area (Å²) in [6, 6.07) is 0. The second kappa shape index (κ2) is 12.3. The number of esters is 1. The largest absolute Gasteiger partial charge is 0.512 e. The molecule has 28 heavy (non-hydrogen) atoms. The van der Waals surface area contributed by atoms with E-state index in [2.05, 4.69) is 5.32 Å². The van der Waals surface area contributed by atoms with Gasteiger partial charge in [0.2, 0.25) is 5.66 Å². The van der Waals surface area contributed by atoms with Crippen LogP contribution < -0.4 is 5.32 Å². The first-order chi connectivity index (χ1) is 13.1. The minimum Gasteiger partial charge on any atom is -0.425 e. The van der Waals surface area contributed by atoms with Crippen molar-refractivity contribution in [3.63, 3.8) is 0 Å². The highest BCUT2D eigenvalue weighted by atomic mass is 31.1. The summed E-state index contributed by atoms with van der Waals surface area (Å²) in [6.07, 6.45) is 1.11. The van der Waals surface area contributed by atoms with E-state index in [0.29, 0.717) is 0 Å². The second-order valence-corrected chi connectivity index (χ2v) is 9.23. The SMILES string of the molecule is CC(C)C(=O)O[C@H](OC(=O)NCC[C@H](F)[C@H](C1CCCCC1)[P+](=O)O)C(C)C. The topological polar surface area (TPSA) is 102 Å². The summed E-state index contributed by atoms with van der Waals surface area (Å²) in [5.74, 6) is -1.16. The average molecular weight is 422 g/mol. The van der Waals surface area contributed by atoms with Crippen LogP contribution in [0.15, 0.2) is 0 Å². The van der Waals surface area contributed by atoms with Crippen LogP contribution in [-0.2, 0) is 18.8 Å². The normalized spacial score (nSPS) is 19.1. The van der Waals surface area contributed by atoms with E-state index in [-0.39, 0.29) is 30.7 Å². The monoisotopic (exact) mass is 422 g/mol. The van der Waals surface area contributed by atoms with Gasteiger partial charge in [0.25, 0.3) is 6.29 Å². The van der Waals surface area contributed by atoms with Gasteiger partial charge in [-0.15, -0.1) is 0 Å². The summed E-state index contributed by atoms with van der Waals surface area (Å²) in [4.78, 5) is 33.2. The lowest BCUT2D eigenvalue weighted by atomic mass is 9.85. The molecule has 0 heterocycles. The van der Waals surface area contributed by atoms with Crippen LogP contribution in [-0.4, -0.2) is 41.6 Å². The number of hydrogen-bond acceptors (Lipinski definition) is 5. The van der Waals surface area contributed by atoms with E-state index in [0.717, 1.165) is 32.1 Å². The van der Waals surface area contributed by atoms with Gasteiger partial charge in [0.1, 0.15) is 0 Å². The number of nitrogens with one attached hydrogen (secondary N) is 1. The number of rotatable bonds is 10. The Hall–Kier alpha value is -1.27. The highest BCUT2D eigenvalue weighted by Gasteiger charge is 2.44. The maximum absolute atomic E-state index is 14.6. The summed E-state index contributed by atoms with van der Waals surface area (Å²) in [5.41, 5.74) is -0.900. The molecule has 0 spiro atoms. The Morgan fingerprint density at radius 2 is 1.75 bits per heavy atom. The molecular formula is C19H34FNO6P+. The maximum atomic E-state index is 14.6. The van der Waals surface area contributed by atoms with Crippen molar-refractivity contribution in [3.8, 4) is 0 Å². The molecule has 0 saturated heterocycles. The first-order valence-electron chi connectivity index (χ1n) is 10.1. The molecule has 4 atom stereocenters. The summed E-state index contributed by atoms with van der Waals surface area (Å²) in [7, 11) is -2.62. The first kappa shape index (κ1) is 24.8. The van der Waals surface area contributed by atoms with Gasteiger partial charge in [-0.2, -0.15) is 4.89 Å². The summed E-state index contributed by atoms with van der Waals surface area (Å²) < 4.78 is 36.5. The molecule has 0 aromatic carbocycles. The van der Waals surface area contributed by atoms with Crippen LogP contribution in [0, 0.1) is 17.8 Å². The lowest BCUT2D eigenvalue weighted by Crippen LogP contribution is -2.37. The Balaban J connectivity index is 2.47. The smallest absolute Gasteiger partial charge is 0.425 e. The Bertz CT molecular complexity index is 525. The van der Waals surface area contributed by atoms with Crippen LogP contribution in [0.1, 0.15) is 66.2 Å². The number of ether oxygens (including phenoxy) is 2. The molecule has 9 heteroatoms. The molecule has 1 saturated carbocycles. The number of hydrogen-bond donors (Lipinski definition) is 2. The number of carbonyl (C=O) groups is 2.